The number of carbonyl (C=O) groups is 1. The van der Waals surface area contributed by atoms with Crippen LogP contribution in [0.4, 0.5) is 4.39 Å². The lowest BCUT2D eigenvalue weighted by molar-refractivity contribution is -0.135. The molecule has 4 rings (SSSR count). The third-order valence-electron chi connectivity index (χ3n) is 6.42. The first-order chi connectivity index (χ1) is 15.5. The average Bonchev–Trinajstić information content (AvgIpc) is 3.26. The molecule has 1 amide bonds. The molecule has 2 aromatic carbocycles. The number of hydrogen-bond donors (Lipinski definition) is 0. The summed E-state index contributed by atoms with van der Waals surface area (Å²) in [7, 11) is 3.21. The Balaban J connectivity index is 1.65. The Morgan fingerprint density at radius 1 is 1.12 bits per heavy atom. The van der Waals surface area contributed by atoms with Gasteiger partial charge in [0.1, 0.15) is 17.3 Å². The standard InChI is InChI=1S/C25H30FN3O3/c1-17-6-4-5-13-28(17)16-25(30)29-23(18-7-9-19(26)10-8-18)15-22(27-29)21-12-11-20(31-2)14-24(21)32-3/h7-12,14,17,23H,4-6,13,15-16H2,1-3H3/t17-,23+/m0/s1. The Kier molecular flexibility index (Phi) is 6.74. The molecule has 6 nitrogen and oxygen atoms in total. The van der Waals surface area contributed by atoms with Gasteiger partial charge in [-0.2, -0.15) is 5.10 Å². The maximum atomic E-state index is 13.5. The molecule has 32 heavy (non-hydrogen) atoms. The summed E-state index contributed by atoms with van der Waals surface area (Å²) in [6, 6.07) is 12.0. The molecule has 0 aromatic heterocycles. The molecule has 2 aliphatic heterocycles. The molecule has 0 bridgehead atoms. The van der Waals surface area contributed by atoms with Crippen molar-refractivity contribution in [1.82, 2.24) is 9.91 Å². The first kappa shape index (κ1) is 22.3. The Labute approximate surface area is 188 Å². The van der Waals surface area contributed by atoms with Crippen LogP contribution in [0, 0.1) is 5.82 Å². The number of nitrogens with zero attached hydrogens (tertiary/aromatic N) is 3. The van der Waals surface area contributed by atoms with Crippen molar-refractivity contribution in [1.29, 1.82) is 0 Å². The third-order valence-corrected chi connectivity index (χ3v) is 6.42. The molecule has 7 heteroatoms. The van der Waals surface area contributed by atoms with Gasteiger partial charge in [0.05, 0.1) is 32.5 Å². The molecule has 0 N–H and O–H groups in total. The quantitative estimate of drug-likeness (QED) is 0.670. The second-order valence-electron chi connectivity index (χ2n) is 8.44. The maximum Gasteiger partial charge on any atom is 0.257 e. The minimum atomic E-state index is -0.301. The van der Waals surface area contributed by atoms with E-state index >= 15 is 0 Å². The summed E-state index contributed by atoms with van der Waals surface area (Å²) in [6.07, 6.45) is 3.94. The number of hydrogen-bond acceptors (Lipinski definition) is 5. The van der Waals surface area contributed by atoms with Crippen molar-refractivity contribution in [2.45, 2.75) is 44.7 Å². The van der Waals surface area contributed by atoms with Crippen LogP contribution in [-0.4, -0.2) is 54.9 Å². The number of benzene rings is 2. The molecule has 2 aliphatic rings. The normalized spacial score (nSPS) is 21.4. The van der Waals surface area contributed by atoms with Gasteiger partial charge in [0.15, 0.2) is 0 Å². The number of carbonyl (C=O) groups excluding carboxylic acids is 1. The summed E-state index contributed by atoms with van der Waals surface area (Å²) in [4.78, 5) is 15.6. The fourth-order valence-electron chi connectivity index (χ4n) is 4.52. The zero-order valence-electron chi connectivity index (χ0n) is 18.9. The SMILES string of the molecule is COc1ccc(C2=NN(C(=O)CN3CCCC[C@@H]3C)[C@@H](c3ccc(F)cc3)C2)c(OC)c1. The van der Waals surface area contributed by atoms with Crippen LogP contribution >= 0.6 is 0 Å². The van der Waals surface area contributed by atoms with Gasteiger partial charge in [0, 0.05) is 24.1 Å². The summed E-state index contributed by atoms with van der Waals surface area (Å²) >= 11 is 0. The number of rotatable bonds is 6. The van der Waals surface area contributed by atoms with Crippen molar-refractivity contribution < 1.29 is 18.7 Å². The molecule has 0 unspecified atom stereocenters. The maximum absolute atomic E-state index is 13.5. The number of halogens is 1. The Morgan fingerprint density at radius 3 is 2.59 bits per heavy atom. The van der Waals surface area contributed by atoms with Gasteiger partial charge in [-0.3, -0.25) is 9.69 Å². The highest BCUT2D eigenvalue weighted by Gasteiger charge is 2.35. The number of likely N-dealkylation sites (tertiary alicyclic amines) is 1. The summed E-state index contributed by atoms with van der Waals surface area (Å²) in [6.45, 7) is 3.42. The van der Waals surface area contributed by atoms with Gasteiger partial charge in [-0.1, -0.05) is 18.6 Å². The zero-order valence-corrected chi connectivity index (χ0v) is 18.9. The highest BCUT2D eigenvalue weighted by atomic mass is 19.1. The van der Waals surface area contributed by atoms with E-state index in [-0.39, 0.29) is 17.8 Å². The summed E-state index contributed by atoms with van der Waals surface area (Å²) < 4.78 is 24.4. The summed E-state index contributed by atoms with van der Waals surface area (Å²) in [5.74, 6) is 0.978. The average molecular weight is 440 g/mol. The molecule has 2 aromatic rings. The first-order valence-electron chi connectivity index (χ1n) is 11.1. The van der Waals surface area contributed by atoms with Crippen LogP contribution in [0.5, 0.6) is 11.5 Å². The van der Waals surface area contributed by atoms with Crippen LogP contribution in [-0.2, 0) is 4.79 Å². The van der Waals surface area contributed by atoms with E-state index in [9.17, 15) is 9.18 Å². The smallest absolute Gasteiger partial charge is 0.257 e. The predicted octanol–water partition coefficient (Wildman–Crippen LogP) is 4.40. The van der Waals surface area contributed by atoms with Crippen molar-refractivity contribution in [2.75, 3.05) is 27.3 Å². The van der Waals surface area contributed by atoms with Crippen LogP contribution in [0.2, 0.25) is 0 Å². The molecule has 0 aliphatic carbocycles. The Morgan fingerprint density at radius 2 is 1.91 bits per heavy atom. The number of piperidine rings is 1. The summed E-state index contributed by atoms with van der Waals surface area (Å²) in [5.41, 5.74) is 2.44. The van der Waals surface area contributed by atoms with Crippen LogP contribution < -0.4 is 9.47 Å². The van der Waals surface area contributed by atoms with Crippen LogP contribution in [0.3, 0.4) is 0 Å². The van der Waals surface area contributed by atoms with Crippen molar-refractivity contribution in [2.24, 2.45) is 5.10 Å². The van der Waals surface area contributed by atoms with Crippen LogP contribution in [0.15, 0.2) is 47.6 Å². The highest BCUT2D eigenvalue weighted by Crippen LogP contribution is 2.36. The van der Waals surface area contributed by atoms with E-state index in [1.54, 1.807) is 31.4 Å². The lowest BCUT2D eigenvalue weighted by Crippen LogP contribution is -2.44. The van der Waals surface area contributed by atoms with Gasteiger partial charge in [-0.15, -0.1) is 0 Å². The Hall–Kier alpha value is -2.93. The van der Waals surface area contributed by atoms with Crippen molar-refractivity contribution in [3.8, 4) is 11.5 Å². The van der Waals surface area contributed by atoms with E-state index in [0.717, 1.165) is 36.2 Å². The van der Waals surface area contributed by atoms with Gasteiger partial charge >= 0.3 is 0 Å². The van der Waals surface area contributed by atoms with Crippen molar-refractivity contribution in [3.05, 3.63) is 59.4 Å². The molecule has 170 valence electrons. The van der Waals surface area contributed by atoms with Crippen molar-refractivity contribution >= 4 is 11.6 Å². The molecule has 2 heterocycles. The summed E-state index contributed by atoms with van der Waals surface area (Å²) in [5, 5.41) is 6.33. The minimum absolute atomic E-state index is 0.0458. The second kappa shape index (κ2) is 9.69. The lowest BCUT2D eigenvalue weighted by Gasteiger charge is -2.34. The van der Waals surface area contributed by atoms with Crippen LogP contribution in [0.25, 0.3) is 0 Å². The highest BCUT2D eigenvalue weighted by molar-refractivity contribution is 6.05. The number of hydrazone groups is 1. The number of ether oxygens (including phenoxy) is 2. The van der Waals surface area contributed by atoms with Gasteiger partial charge in [-0.25, -0.2) is 9.40 Å². The van der Waals surface area contributed by atoms with E-state index in [2.05, 4.69) is 11.8 Å². The molecular weight excluding hydrogens is 409 g/mol. The molecular formula is C25H30FN3O3. The van der Waals surface area contributed by atoms with Gasteiger partial charge in [-0.05, 0) is 56.1 Å². The number of methoxy groups -OCH3 is 2. The van der Waals surface area contributed by atoms with E-state index in [0.29, 0.717) is 30.5 Å². The molecule has 0 spiro atoms. The molecule has 1 saturated heterocycles. The number of amides is 1. The van der Waals surface area contributed by atoms with Gasteiger partial charge < -0.3 is 9.47 Å². The predicted molar refractivity (Wildman–Crippen MR) is 122 cm³/mol. The second-order valence-corrected chi connectivity index (χ2v) is 8.44. The largest absolute Gasteiger partial charge is 0.497 e. The molecule has 1 fully saturated rings. The van der Waals surface area contributed by atoms with E-state index in [1.165, 1.54) is 18.6 Å². The van der Waals surface area contributed by atoms with Crippen LogP contribution in [0.1, 0.15) is 49.8 Å². The lowest BCUT2D eigenvalue weighted by atomic mass is 9.97. The van der Waals surface area contributed by atoms with E-state index in [1.807, 2.05) is 18.2 Å². The minimum Gasteiger partial charge on any atom is -0.497 e. The van der Waals surface area contributed by atoms with Gasteiger partial charge in [0.2, 0.25) is 0 Å². The van der Waals surface area contributed by atoms with Gasteiger partial charge in [0.25, 0.3) is 5.91 Å². The first-order valence-corrected chi connectivity index (χ1v) is 11.1. The molecule has 2 atom stereocenters. The topological polar surface area (TPSA) is 54.4 Å². The molecule has 0 saturated carbocycles. The van der Waals surface area contributed by atoms with Crippen molar-refractivity contribution in [3.63, 3.8) is 0 Å². The fraction of sp³-hybridized carbons (Fsp3) is 0.440. The third kappa shape index (κ3) is 4.63. The van der Waals surface area contributed by atoms with E-state index < -0.39 is 0 Å². The van der Waals surface area contributed by atoms with E-state index in [4.69, 9.17) is 14.6 Å². The zero-order chi connectivity index (χ0) is 22.7. The fourth-order valence-corrected chi connectivity index (χ4v) is 4.52. The Bertz CT molecular complexity index is 992. The molecule has 0 radical (unpaired) electrons. The monoisotopic (exact) mass is 439 g/mol.